The molecule has 6 nitrogen and oxygen atoms in total. The van der Waals surface area contributed by atoms with Crippen LogP contribution in [-0.2, 0) is 0 Å². The monoisotopic (exact) mass is 234 g/mol. The SMILES string of the molecule is OCC(O)CNc1ccc(-n2cncn2)cc1. The van der Waals surface area contributed by atoms with Crippen molar-refractivity contribution in [2.45, 2.75) is 6.10 Å². The summed E-state index contributed by atoms with van der Waals surface area (Å²) in [4.78, 5) is 3.87. The lowest BCUT2D eigenvalue weighted by Gasteiger charge is -2.10. The van der Waals surface area contributed by atoms with Crippen molar-refractivity contribution in [3.05, 3.63) is 36.9 Å². The highest BCUT2D eigenvalue weighted by Crippen LogP contribution is 2.11. The van der Waals surface area contributed by atoms with Crippen molar-refractivity contribution < 1.29 is 10.2 Å². The molecular formula is C11H14N4O2. The number of anilines is 1. The molecule has 0 fully saturated rings. The molecule has 0 aliphatic rings. The van der Waals surface area contributed by atoms with E-state index in [9.17, 15) is 5.11 Å². The van der Waals surface area contributed by atoms with E-state index < -0.39 is 6.10 Å². The molecule has 1 unspecified atom stereocenters. The van der Waals surface area contributed by atoms with Crippen molar-refractivity contribution in [2.24, 2.45) is 0 Å². The highest BCUT2D eigenvalue weighted by Gasteiger charge is 2.01. The molecule has 6 heteroatoms. The number of aliphatic hydroxyl groups excluding tert-OH is 2. The van der Waals surface area contributed by atoms with Gasteiger partial charge in [0.2, 0.25) is 0 Å². The van der Waals surface area contributed by atoms with Crippen LogP contribution in [-0.4, -0.2) is 44.2 Å². The van der Waals surface area contributed by atoms with E-state index in [1.807, 2.05) is 24.3 Å². The van der Waals surface area contributed by atoms with E-state index in [0.29, 0.717) is 6.54 Å². The first-order valence-corrected chi connectivity index (χ1v) is 5.27. The summed E-state index contributed by atoms with van der Waals surface area (Å²) in [6, 6.07) is 7.53. The Morgan fingerprint density at radius 1 is 1.29 bits per heavy atom. The van der Waals surface area contributed by atoms with Gasteiger partial charge in [0.05, 0.1) is 18.4 Å². The Balaban J connectivity index is 1.99. The fraction of sp³-hybridized carbons (Fsp3) is 0.273. The largest absolute Gasteiger partial charge is 0.394 e. The van der Waals surface area contributed by atoms with Gasteiger partial charge < -0.3 is 15.5 Å². The minimum absolute atomic E-state index is 0.246. The molecule has 0 radical (unpaired) electrons. The third-order valence-corrected chi connectivity index (χ3v) is 2.30. The van der Waals surface area contributed by atoms with Crippen molar-refractivity contribution in [1.29, 1.82) is 0 Å². The number of rotatable bonds is 5. The third-order valence-electron chi connectivity index (χ3n) is 2.30. The van der Waals surface area contributed by atoms with Crippen LogP contribution in [0, 0.1) is 0 Å². The summed E-state index contributed by atoms with van der Waals surface area (Å²) in [6.45, 7) is 0.0726. The number of hydrogen-bond acceptors (Lipinski definition) is 5. The maximum absolute atomic E-state index is 9.19. The summed E-state index contributed by atoms with van der Waals surface area (Å²) >= 11 is 0. The fourth-order valence-electron chi connectivity index (χ4n) is 1.37. The number of aliphatic hydroxyl groups is 2. The van der Waals surface area contributed by atoms with Gasteiger partial charge in [-0.05, 0) is 24.3 Å². The lowest BCUT2D eigenvalue weighted by molar-refractivity contribution is 0.105. The molecule has 3 N–H and O–H groups in total. The van der Waals surface area contributed by atoms with Gasteiger partial charge in [0.1, 0.15) is 12.7 Å². The van der Waals surface area contributed by atoms with Crippen molar-refractivity contribution in [3.63, 3.8) is 0 Å². The minimum Gasteiger partial charge on any atom is -0.394 e. The second-order valence-corrected chi connectivity index (χ2v) is 3.60. The standard InChI is InChI=1S/C11H14N4O2/c16-6-11(17)5-13-9-1-3-10(4-2-9)15-8-12-7-14-15/h1-4,7-8,11,13,16-17H,5-6H2. The molecule has 0 saturated carbocycles. The number of aromatic nitrogens is 3. The van der Waals surface area contributed by atoms with Crippen LogP contribution in [0.3, 0.4) is 0 Å². The van der Waals surface area contributed by atoms with Crippen LogP contribution in [0.1, 0.15) is 0 Å². The van der Waals surface area contributed by atoms with E-state index in [4.69, 9.17) is 5.11 Å². The maximum atomic E-state index is 9.19. The van der Waals surface area contributed by atoms with Gasteiger partial charge in [0.15, 0.2) is 0 Å². The summed E-state index contributed by atoms with van der Waals surface area (Å²) in [6.07, 6.45) is 2.35. The van der Waals surface area contributed by atoms with E-state index in [2.05, 4.69) is 15.4 Å². The van der Waals surface area contributed by atoms with E-state index >= 15 is 0 Å². The number of nitrogens with zero attached hydrogens (tertiary/aromatic N) is 3. The summed E-state index contributed by atoms with van der Waals surface area (Å²) in [5, 5.41) is 24.9. The van der Waals surface area contributed by atoms with Crippen molar-refractivity contribution in [2.75, 3.05) is 18.5 Å². The Kier molecular flexibility index (Phi) is 3.69. The molecule has 1 aromatic carbocycles. The quantitative estimate of drug-likeness (QED) is 0.680. The fourth-order valence-corrected chi connectivity index (χ4v) is 1.37. The average Bonchev–Trinajstić information content (AvgIpc) is 2.90. The van der Waals surface area contributed by atoms with E-state index in [0.717, 1.165) is 11.4 Å². The van der Waals surface area contributed by atoms with Gasteiger partial charge in [-0.1, -0.05) is 0 Å². The normalized spacial score (nSPS) is 12.4. The first-order chi connectivity index (χ1) is 8.29. The van der Waals surface area contributed by atoms with Gasteiger partial charge in [0.25, 0.3) is 0 Å². The summed E-state index contributed by atoms with van der Waals surface area (Å²) in [5.74, 6) is 0. The average molecular weight is 234 g/mol. The molecule has 0 amide bonds. The molecule has 1 heterocycles. The number of hydrogen-bond donors (Lipinski definition) is 3. The first kappa shape index (κ1) is 11.6. The molecule has 0 bridgehead atoms. The summed E-state index contributed by atoms with van der Waals surface area (Å²) in [5.41, 5.74) is 1.79. The summed E-state index contributed by atoms with van der Waals surface area (Å²) < 4.78 is 1.66. The van der Waals surface area contributed by atoms with Gasteiger partial charge in [-0.25, -0.2) is 9.67 Å². The molecule has 17 heavy (non-hydrogen) atoms. The smallest absolute Gasteiger partial charge is 0.138 e. The topological polar surface area (TPSA) is 83.2 Å². The molecule has 1 aromatic heterocycles. The Labute approximate surface area is 98.5 Å². The predicted molar refractivity (Wildman–Crippen MR) is 62.9 cm³/mol. The zero-order valence-corrected chi connectivity index (χ0v) is 9.19. The predicted octanol–water partition coefficient (Wildman–Crippen LogP) is 0.0324. The molecule has 0 aliphatic heterocycles. The Bertz CT molecular complexity index is 441. The van der Waals surface area contributed by atoms with Crippen molar-refractivity contribution in [3.8, 4) is 5.69 Å². The van der Waals surface area contributed by atoms with Crippen LogP contribution in [0.15, 0.2) is 36.9 Å². The molecule has 1 atom stereocenters. The molecule has 2 rings (SSSR count). The highest BCUT2D eigenvalue weighted by atomic mass is 16.3. The van der Waals surface area contributed by atoms with E-state index in [1.165, 1.54) is 6.33 Å². The minimum atomic E-state index is -0.745. The molecule has 0 aliphatic carbocycles. The van der Waals surface area contributed by atoms with Crippen LogP contribution in [0.4, 0.5) is 5.69 Å². The molecule has 0 saturated heterocycles. The van der Waals surface area contributed by atoms with Crippen LogP contribution >= 0.6 is 0 Å². The van der Waals surface area contributed by atoms with Gasteiger partial charge >= 0.3 is 0 Å². The zero-order chi connectivity index (χ0) is 12.1. The van der Waals surface area contributed by atoms with Gasteiger partial charge in [-0.15, -0.1) is 0 Å². The van der Waals surface area contributed by atoms with Crippen LogP contribution in [0.2, 0.25) is 0 Å². The van der Waals surface area contributed by atoms with Gasteiger partial charge in [0, 0.05) is 12.2 Å². The number of benzene rings is 1. The maximum Gasteiger partial charge on any atom is 0.138 e. The molecule has 0 spiro atoms. The second kappa shape index (κ2) is 5.42. The first-order valence-electron chi connectivity index (χ1n) is 5.27. The van der Waals surface area contributed by atoms with Crippen LogP contribution in [0.25, 0.3) is 5.69 Å². The van der Waals surface area contributed by atoms with Crippen LogP contribution < -0.4 is 5.32 Å². The van der Waals surface area contributed by atoms with E-state index in [1.54, 1.807) is 11.0 Å². The highest BCUT2D eigenvalue weighted by molar-refractivity contribution is 5.48. The lowest BCUT2D eigenvalue weighted by Crippen LogP contribution is -2.22. The second-order valence-electron chi connectivity index (χ2n) is 3.60. The van der Waals surface area contributed by atoms with E-state index in [-0.39, 0.29) is 6.61 Å². The Morgan fingerprint density at radius 2 is 2.06 bits per heavy atom. The Morgan fingerprint density at radius 3 is 2.65 bits per heavy atom. The molecular weight excluding hydrogens is 220 g/mol. The zero-order valence-electron chi connectivity index (χ0n) is 9.19. The van der Waals surface area contributed by atoms with Crippen molar-refractivity contribution >= 4 is 5.69 Å². The van der Waals surface area contributed by atoms with Crippen LogP contribution in [0.5, 0.6) is 0 Å². The van der Waals surface area contributed by atoms with Gasteiger partial charge in [-0.2, -0.15) is 5.10 Å². The number of nitrogens with one attached hydrogen (secondary N) is 1. The van der Waals surface area contributed by atoms with Crippen molar-refractivity contribution in [1.82, 2.24) is 14.8 Å². The van der Waals surface area contributed by atoms with Gasteiger partial charge in [-0.3, -0.25) is 0 Å². The third kappa shape index (κ3) is 3.02. The lowest BCUT2D eigenvalue weighted by atomic mass is 10.2. The summed E-state index contributed by atoms with van der Waals surface area (Å²) in [7, 11) is 0. The Hall–Kier alpha value is -1.92. The molecule has 90 valence electrons. The molecule has 2 aromatic rings.